The number of ether oxygens (including phenoxy) is 3. The second-order valence-corrected chi connectivity index (χ2v) is 18.1. The Morgan fingerprint density at radius 2 is 1.10 bits per heavy atom. The molecule has 9 heteroatoms. The molecule has 1 saturated heterocycles. The van der Waals surface area contributed by atoms with Gasteiger partial charge in [-0.05, 0) is 130 Å². The molecule has 0 aliphatic carbocycles. The zero-order valence-corrected chi connectivity index (χ0v) is 36.3. The van der Waals surface area contributed by atoms with Crippen molar-refractivity contribution in [2.24, 2.45) is 5.73 Å². The summed E-state index contributed by atoms with van der Waals surface area (Å²) >= 11 is 3.42. The molecule has 0 saturated carbocycles. The van der Waals surface area contributed by atoms with Crippen LogP contribution in [-0.4, -0.2) is 24.4 Å². The minimum Gasteiger partial charge on any atom is -0.489 e. The third kappa shape index (κ3) is 10.8. The molecule has 4 N–H and O–H groups in total. The molecule has 0 aromatic heterocycles. The van der Waals surface area contributed by atoms with Gasteiger partial charge in [0.25, 0.3) is 0 Å². The number of alkyl carbamates (subject to hydrolysis) is 1. The average Bonchev–Trinajstić information content (AvgIpc) is 3.67. The van der Waals surface area contributed by atoms with Crippen molar-refractivity contribution in [3.63, 3.8) is 0 Å². The summed E-state index contributed by atoms with van der Waals surface area (Å²) in [4.78, 5) is 16.1. The first-order valence-electron chi connectivity index (χ1n) is 20.4. The summed E-state index contributed by atoms with van der Waals surface area (Å²) in [6, 6.07) is 61.9. The van der Waals surface area contributed by atoms with E-state index in [0.29, 0.717) is 19.8 Å². The fraction of sp³-hybridized carbons (Fsp3) is 0.151. The highest BCUT2D eigenvalue weighted by Crippen LogP contribution is 2.35. The van der Waals surface area contributed by atoms with Gasteiger partial charge in [-0.1, -0.05) is 133 Å². The zero-order valence-electron chi connectivity index (χ0n) is 34.6. The van der Waals surface area contributed by atoms with E-state index in [1.807, 2.05) is 80.6 Å². The Hall–Kier alpha value is -6.23. The van der Waals surface area contributed by atoms with Crippen molar-refractivity contribution >= 4 is 51.2 Å². The number of fused-ring (bicyclic) bond motifs is 2. The first kappa shape index (κ1) is 42.5. The maximum absolute atomic E-state index is 11.5. The molecule has 312 valence electrons. The summed E-state index contributed by atoms with van der Waals surface area (Å²) < 4.78 is 17.0. The first-order valence-corrected chi connectivity index (χ1v) is 22.1. The third-order valence-corrected chi connectivity index (χ3v) is 12.7. The molecule has 0 spiro atoms. The minimum absolute atomic E-state index is 0.0882. The lowest BCUT2D eigenvalue weighted by molar-refractivity contribution is 0.173. The highest BCUT2D eigenvalue weighted by atomic mass is 32.2. The smallest absolute Gasteiger partial charge is 0.408 e. The summed E-state index contributed by atoms with van der Waals surface area (Å²) in [5.74, 6) is 1.72. The van der Waals surface area contributed by atoms with Crippen LogP contribution >= 0.6 is 23.5 Å². The molecule has 1 fully saturated rings. The van der Waals surface area contributed by atoms with E-state index < -0.39 is 11.1 Å². The Kier molecular flexibility index (Phi) is 13.2. The zero-order chi connectivity index (χ0) is 42.9. The number of amides is 1. The molecule has 0 radical (unpaired) electrons. The molecule has 7 nitrogen and oxygen atoms in total. The summed E-state index contributed by atoms with van der Waals surface area (Å²) in [5, 5.41) is 17.0. The van der Waals surface area contributed by atoms with E-state index in [1.54, 1.807) is 23.5 Å². The molecule has 2 atom stereocenters. The van der Waals surface area contributed by atoms with Crippen molar-refractivity contribution in [2.45, 2.75) is 57.7 Å². The number of aliphatic hydroxyl groups is 1. The summed E-state index contributed by atoms with van der Waals surface area (Å²) in [5.41, 5.74) is 9.22. The molecule has 8 aromatic carbocycles. The number of carbonyl (C=O) groups excluding carboxylic acids is 1. The van der Waals surface area contributed by atoms with Crippen LogP contribution in [-0.2, 0) is 29.0 Å². The molecule has 62 heavy (non-hydrogen) atoms. The number of nitrogens with two attached hydrogens (primary N) is 1. The molecule has 0 bridgehead atoms. The molecule has 0 unspecified atom stereocenters. The maximum Gasteiger partial charge on any atom is 0.408 e. The van der Waals surface area contributed by atoms with E-state index in [-0.39, 0.29) is 12.7 Å². The lowest BCUT2D eigenvalue weighted by Gasteiger charge is -2.22. The predicted octanol–water partition coefficient (Wildman–Crippen LogP) is 12.3. The van der Waals surface area contributed by atoms with Gasteiger partial charge in [-0.2, -0.15) is 0 Å². The van der Waals surface area contributed by atoms with Crippen molar-refractivity contribution in [3.8, 4) is 11.5 Å². The number of benzene rings is 8. The monoisotopic (exact) mass is 856 g/mol. The lowest BCUT2D eigenvalue weighted by atomic mass is 9.92. The number of rotatable bonds is 13. The molecule has 1 amide bonds. The second-order valence-electron chi connectivity index (χ2n) is 15.8. The van der Waals surface area contributed by atoms with Gasteiger partial charge in [-0.15, -0.1) is 0 Å². The van der Waals surface area contributed by atoms with Crippen molar-refractivity contribution in [2.75, 3.05) is 13.2 Å². The lowest BCUT2D eigenvalue weighted by Crippen LogP contribution is -2.37. The van der Waals surface area contributed by atoms with Gasteiger partial charge in [0.1, 0.15) is 31.3 Å². The Balaban J connectivity index is 0.000000171. The van der Waals surface area contributed by atoms with E-state index in [4.69, 9.17) is 19.9 Å². The Morgan fingerprint density at radius 3 is 1.61 bits per heavy atom. The van der Waals surface area contributed by atoms with Crippen LogP contribution in [0.5, 0.6) is 11.5 Å². The van der Waals surface area contributed by atoms with Gasteiger partial charge < -0.3 is 30.4 Å². The van der Waals surface area contributed by atoms with Crippen molar-refractivity contribution < 1.29 is 24.1 Å². The Bertz CT molecular complexity index is 2800. The topological polar surface area (TPSA) is 103 Å². The van der Waals surface area contributed by atoms with Crippen LogP contribution < -0.4 is 20.5 Å². The van der Waals surface area contributed by atoms with E-state index in [1.165, 1.54) is 0 Å². The maximum atomic E-state index is 11.5. The first-order chi connectivity index (χ1) is 30.1. The van der Waals surface area contributed by atoms with E-state index >= 15 is 0 Å². The molecule has 9 rings (SSSR count). The highest BCUT2D eigenvalue weighted by Gasteiger charge is 2.36. The van der Waals surface area contributed by atoms with Crippen LogP contribution in [0.25, 0.3) is 21.5 Å². The fourth-order valence-electron chi connectivity index (χ4n) is 7.04. The van der Waals surface area contributed by atoms with Gasteiger partial charge in [0.2, 0.25) is 0 Å². The number of hydrogen-bond acceptors (Lipinski definition) is 8. The summed E-state index contributed by atoms with van der Waals surface area (Å²) in [6.45, 7) is 5.18. The molecular weight excluding hydrogens is 809 g/mol. The number of carbonyl (C=O) groups is 1. The minimum atomic E-state index is -0.734. The van der Waals surface area contributed by atoms with Crippen LogP contribution in [0.4, 0.5) is 4.79 Å². The molecular formula is C53H48N2O5S2. The standard InChI is InChI=1S/C27H23NO3S.C26H25NO2S/c1-27(18-31-26(29)28-27)22-12-10-21-15-25(13-11-20(21)14-22)32-24-9-5-8-23(16-24)30-17-19-6-3-2-4-7-19;1-26(27,18-28)22-12-10-21-15-25(13-11-20(21)14-22)30-24-9-5-8-23(16-24)29-17-19-6-3-2-4-7-19/h2-16H,17-18H2,1H3,(H,28,29);2-16,28H,17-18,27H2,1H3/t27-;26-/m00/s1. The fourth-order valence-corrected chi connectivity index (χ4v) is 8.87. The average molecular weight is 857 g/mol. The van der Waals surface area contributed by atoms with Crippen molar-refractivity contribution in [3.05, 3.63) is 204 Å². The van der Waals surface area contributed by atoms with Gasteiger partial charge in [-0.25, -0.2) is 4.79 Å². The third-order valence-electron chi connectivity index (χ3n) is 10.7. The van der Waals surface area contributed by atoms with E-state index in [0.717, 1.165) is 74.9 Å². The molecule has 1 aliphatic rings. The van der Waals surface area contributed by atoms with Crippen molar-refractivity contribution in [1.82, 2.24) is 5.32 Å². The van der Waals surface area contributed by atoms with Crippen LogP contribution in [0.2, 0.25) is 0 Å². The predicted molar refractivity (Wildman–Crippen MR) is 251 cm³/mol. The van der Waals surface area contributed by atoms with Crippen molar-refractivity contribution in [1.29, 1.82) is 0 Å². The number of hydrogen-bond donors (Lipinski definition) is 3. The molecule has 1 aliphatic heterocycles. The summed E-state index contributed by atoms with van der Waals surface area (Å²) in [7, 11) is 0. The van der Waals surface area contributed by atoms with Crippen LogP contribution in [0.3, 0.4) is 0 Å². The van der Waals surface area contributed by atoms with Gasteiger partial charge in [0.15, 0.2) is 0 Å². The number of cyclic esters (lactones) is 1. The van der Waals surface area contributed by atoms with Crippen LogP contribution in [0, 0.1) is 0 Å². The molecule has 1 heterocycles. The van der Waals surface area contributed by atoms with Gasteiger partial charge in [0, 0.05) is 19.6 Å². The van der Waals surface area contributed by atoms with Crippen LogP contribution in [0.15, 0.2) is 202 Å². The van der Waals surface area contributed by atoms with E-state index in [9.17, 15) is 9.90 Å². The molecule has 8 aromatic rings. The number of aliphatic hydroxyl groups excluding tert-OH is 1. The number of nitrogens with one attached hydrogen (secondary N) is 1. The second kappa shape index (κ2) is 19.2. The largest absolute Gasteiger partial charge is 0.489 e. The van der Waals surface area contributed by atoms with Crippen LogP contribution in [0.1, 0.15) is 36.1 Å². The Labute approximate surface area is 371 Å². The highest BCUT2D eigenvalue weighted by molar-refractivity contribution is 7.99. The van der Waals surface area contributed by atoms with E-state index in [2.05, 4.69) is 121 Å². The SMILES string of the molecule is C[C@@]1(c2ccc3cc(Sc4cccc(OCc5ccccc5)c4)ccc3c2)COC(=O)N1.C[C@](N)(CO)c1ccc2cc(Sc3cccc(OCc4ccccc4)c3)ccc2c1. The normalized spacial score (nSPS) is 15.5. The quantitative estimate of drug-likeness (QED) is 0.105. The van der Waals surface area contributed by atoms with Gasteiger partial charge in [0.05, 0.1) is 17.7 Å². The van der Waals surface area contributed by atoms with Gasteiger partial charge in [-0.3, -0.25) is 0 Å². The van der Waals surface area contributed by atoms with Gasteiger partial charge >= 0.3 is 6.09 Å². The summed E-state index contributed by atoms with van der Waals surface area (Å²) in [6.07, 6.45) is -0.366. The Morgan fingerprint density at radius 1 is 0.613 bits per heavy atom.